The molecule has 3 amide bonds. The first-order chi connectivity index (χ1) is 19.7. The van der Waals surface area contributed by atoms with E-state index in [1.807, 2.05) is 30.0 Å². The molecule has 2 aliphatic heterocycles. The maximum Gasteiger partial charge on any atom is 0.411 e. The van der Waals surface area contributed by atoms with Crippen molar-refractivity contribution in [2.24, 2.45) is 5.92 Å². The van der Waals surface area contributed by atoms with Crippen molar-refractivity contribution in [2.45, 2.75) is 32.2 Å². The lowest BCUT2D eigenvalue weighted by Crippen LogP contribution is -2.52. The van der Waals surface area contributed by atoms with Gasteiger partial charge in [0.05, 0.1) is 41.8 Å². The van der Waals surface area contributed by atoms with Crippen LogP contribution in [0.25, 0.3) is 11.1 Å². The molecule has 2 N–H and O–H groups in total. The van der Waals surface area contributed by atoms with Gasteiger partial charge in [0.2, 0.25) is 11.8 Å². The summed E-state index contributed by atoms with van der Waals surface area (Å²) < 4.78 is 19.4. The molecule has 2 unspecified atom stereocenters. The topological polar surface area (TPSA) is 104 Å². The highest BCUT2D eigenvalue weighted by atomic mass is 35.5. The number of hydrogen-bond acceptors (Lipinski definition) is 6. The van der Waals surface area contributed by atoms with E-state index in [1.165, 1.54) is 13.2 Å². The molecular formula is C30H31ClFN5O4. The van der Waals surface area contributed by atoms with Crippen LogP contribution in [0.5, 0.6) is 0 Å². The SMILES string of the molecule is COC(=O)Nc1ccc2c(c1)NC(=O)C(C)CCCC(N1CCN(c3cccc(Cl)c3F)CC1=O)c1cc-2ccn1. The lowest BCUT2D eigenvalue weighted by atomic mass is 9.94. The molecule has 9 nitrogen and oxygen atoms in total. The molecule has 2 aromatic carbocycles. The van der Waals surface area contributed by atoms with Gasteiger partial charge in [0, 0.05) is 36.5 Å². The summed E-state index contributed by atoms with van der Waals surface area (Å²) >= 11 is 5.98. The van der Waals surface area contributed by atoms with Gasteiger partial charge in [-0.05, 0) is 54.8 Å². The smallest absolute Gasteiger partial charge is 0.411 e. The number of aromatic nitrogens is 1. The molecule has 2 atom stereocenters. The lowest BCUT2D eigenvalue weighted by molar-refractivity contribution is -0.134. The zero-order valence-electron chi connectivity index (χ0n) is 22.8. The van der Waals surface area contributed by atoms with E-state index >= 15 is 0 Å². The van der Waals surface area contributed by atoms with Crippen molar-refractivity contribution >= 4 is 46.6 Å². The van der Waals surface area contributed by atoms with Crippen molar-refractivity contribution in [1.29, 1.82) is 0 Å². The Kier molecular flexibility index (Phi) is 8.39. The van der Waals surface area contributed by atoms with Gasteiger partial charge in [-0.1, -0.05) is 37.1 Å². The van der Waals surface area contributed by atoms with Crippen LogP contribution in [0.2, 0.25) is 5.02 Å². The first kappa shape index (κ1) is 28.4. The van der Waals surface area contributed by atoms with Gasteiger partial charge in [0.1, 0.15) is 0 Å². The van der Waals surface area contributed by atoms with Crippen LogP contribution in [0, 0.1) is 11.7 Å². The van der Waals surface area contributed by atoms with Crippen molar-refractivity contribution in [3.63, 3.8) is 0 Å². The molecular weight excluding hydrogens is 549 g/mol. The molecule has 11 heteroatoms. The number of pyridine rings is 1. The molecule has 0 radical (unpaired) electrons. The van der Waals surface area contributed by atoms with Crippen molar-refractivity contribution in [3.05, 3.63) is 71.3 Å². The normalized spacial score (nSPS) is 19.4. The van der Waals surface area contributed by atoms with Crippen molar-refractivity contribution in [2.75, 3.05) is 42.3 Å². The molecule has 2 bridgehead atoms. The number of methoxy groups -OCH3 is 1. The van der Waals surface area contributed by atoms with Crippen LogP contribution in [0.4, 0.5) is 26.2 Å². The lowest BCUT2D eigenvalue weighted by Gasteiger charge is -2.40. The number of carbonyl (C=O) groups excluding carboxylic acids is 3. The van der Waals surface area contributed by atoms with E-state index in [4.69, 9.17) is 16.3 Å². The monoisotopic (exact) mass is 579 g/mol. The number of piperazine rings is 1. The van der Waals surface area contributed by atoms with Crippen LogP contribution in [0.3, 0.4) is 0 Å². The second-order valence-corrected chi connectivity index (χ2v) is 10.7. The highest BCUT2D eigenvalue weighted by Gasteiger charge is 2.33. The van der Waals surface area contributed by atoms with E-state index in [1.54, 1.807) is 35.4 Å². The maximum atomic E-state index is 14.7. The van der Waals surface area contributed by atoms with Gasteiger partial charge >= 0.3 is 6.09 Å². The van der Waals surface area contributed by atoms with Crippen LogP contribution in [-0.2, 0) is 14.3 Å². The van der Waals surface area contributed by atoms with Crippen LogP contribution in [0.15, 0.2) is 54.7 Å². The third-order valence-corrected chi connectivity index (χ3v) is 7.90. The number of fused-ring (bicyclic) bond motifs is 4. The number of hydrogen-bond donors (Lipinski definition) is 2. The molecule has 41 heavy (non-hydrogen) atoms. The molecule has 3 aromatic rings. The predicted molar refractivity (Wildman–Crippen MR) is 155 cm³/mol. The Bertz CT molecular complexity index is 1480. The Morgan fingerprint density at radius 3 is 2.76 bits per heavy atom. The summed E-state index contributed by atoms with van der Waals surface area (Å²) in [6.45, 7) is 2.71. The molecule has 1 fully saturated rings. The maximum absolute atomic E-state index is 14.7. The van der Waals surface area contributed by atoms with E-state index in [0.717, 1.165) is 16.8 Å². The Morgan fingerprint density at radius 2 is 1.98 bits per heavy atom. The molecule has 5 rings (SSSR count). The quantitative estimate of drug-likeness (QED) is 0.402. The largest absolute Gasteiger partial charge is 0.453 e. The number of anilines is 3. The highest BCUT2D eigenvalue weighted by Crippen LogP contribution is 2.36. The minimum atomic E-state index is -0.616. The standard InChI is InChI=1S/C30H31ClFN5O4/c1-18-5-3-7-25(37-14-13-36(17-27(37)38)26-8-4-6-22(31)28(26)32)24-15-19(11-12-33-24)21-10-9-20(34-30(40)41-2)16-23(21)35-29(18)39/h4,6,8-12,15-16,18,25H,3,5,7,13-14,17H2,1-2H3,(H,34,40)(H,35,39). The fourth-order valence-electron chi connectivity index (χ4n) is 5.37. The molecule has 0 spiro atoms. The van der Waals surface area contributed by atoms with Gasteiger partial charge in [-0.25, -0.2) is 9.18 Å². The predicted octanol–water partition coefficient (Wildman–Crippen LogP) is 5.87. The summed E-state index contributed by atoms with van der Waals surface area (Å²) in [5.41, 5.74) is 3.61. The zero-order valence-corrected chi connectivity index (χ0v) is 23.6. The molecule has 214 valence electrons. The van der Waals surface area contributed by atoms with E-state index in [-0.39, 0.29) is 35.3 Å². The van der Waals surface area contributed by atoms with Gasteiger partial charge < -0.3 is 19.9 Å². The molecule has 1 aromatic heterocycles. The average Bonchev–Trinajstić information content (AvgIpc) is 2.96. The van der Waals surface area contributed by atoms with Gasteiger partial charge in [0.25, 0.3) is 0 Å². The number of rotatable bonds is 3. The number of halogens is 2. The Hall–Kier alpha value is -4.18. The number of ether oxygens (including phenoxy) is 1. The fraction of sp³-hybridized carbons (Fsp3) is 0.333. The van der Waals surface area contributed by atoms with Crippen LogP contribution in [0.1, 0.15) is 37.9 Å². The van der Waals surface area contributed by atoms with Crippen LogP contribution >= 0.6 is 11.6 Å². The Labute approximate surface area is 242 Å². The molecule has 3 heterocycles. The highest BCUT2D eigenvalue weighted by molar-refractivity contribution is 6.31. The van der Waals surface area contributed by atoms with E-state index < -0.39 is 11.9 Å². The zero-order chi connectivity index (χ0) is 29.1. The van der Waals surface area contributed by atoms with E-state index in [9.17, 15) is 18.8 Å². The van der Waals surface area contributed by atoms with Gasteiger partial charge in [0.15, 0.2) is 5.82 Å². The summed E-state index contributed by atoms with van der Waals surface area (Å²) in [6, 6.07) is 13.5. The Balaban J connectivity index is 1.47. The second-order valence-electron chi connectivity index (χ2n) is 10.3. The molecule has 2 aliphatic rings. The summed E-state index contributed by atoms with van der Waals surface area (Å²) in [4.78, 5) is 46.6. The number of nitrogens with zero attached hydrogens (tertiary/aromatic N) is 3. The van der Waals surface area contributed by atoms with Gasteiger partial charge in [-0.3, -0.25) is 19.9 Å². The number of amides is 3. The third-order valence-electron chi connectivity index (χ3n) is 7.61. The molecule has 0 aliphatic carbocycles. The third kappa shape index (κ3) is 6.12. The first-order valence-electron chi connectivity index (χ1n) is 13.5. The molecule has 0 saturated carbocycles. The molecule has 1 saturated heterocycles. The number of benzene rings is 2. The van der Waals surface area contributed by atoms with Gasteiger partial charge in [-0.2, -0.15) is 0 Å². The van der Waals surface area contributed by atoms with Crippen LogP contribution in [-0.4, -0.2) is 54.5 Å². The van der Waals surface area contributed by atoms with Gasteiger partial charge in [-0.15, -0.1) is 0 Å². The van der Waals surface area contributed by atoms with Crippen molar-refractivity contribution in [3.8, 4) is 11.1 Å². The summed E-state index contributed by atoms with van der Waals surface area (Å²) in [5.74, 6) is -1.10. The number of nitrogens with one attached hydrogen (secondary N) is 2. The minimum Gasteiger partial charge on any atom is -0.453 e. The first-order valence-corrected chi connectivity index (χ1v) is 13.9. The second kappa shape index (κ2) is 12.1. The van der Waals surface area contributed by atoms with E-state index in [2.05, 4.69) is 15.6 Å². The fourth-order valence-corrected chi connectivity index (χ4v) is 5.54. The summed E-state index contributed by atoms with van der Waals surface area (Å²) in [7, 11) is 1.28. The number of carbonyl (C=O) groups is 3. The average molecular weight is 580 g/mol. The summed E-state index contributed by atoms with van der Waals surface area (Å²) in [6.07, 6.45) is 3.01. The summed E-state index contributed by atoms with van der Waals surface area (Å²) in [5, 5.41) is 5.67. The van der Waals surface area contributed by atoms with Crippen molar-refractivity contribution in [1.82, 2.24) is 9.88 Å². The van der Waals surface area contributed by atoms with Crippen molar-refractivity contribution < 1.29 is 23.5 Å². The minimum absolute atomic E-state index is 0.0179. The van der Waals surface area contributed by atoms with E-state index in [0.29, 0.717) is 49.4 Å². The van der Waals surface area contributed by atoms with Crippen LogP contribution < -0.4 is 15.5 Å². The Morgan fingerprint density at radius 1 is 1.15 bits per heavy atom.